The van der Waals surface area contributed by atoms with Gasteiger partial charge in [0.15, 0.2) is 0 Å². The standard InChI is InChI=1S/C18H20ClNOS/c1-18(2,12-14-6-4-3-5-7-14)20-17(21)13-22-16-10-8-15(19)9-11-16/h3-11H,12-13H2,1-2H3,(H,20,21). The van der Waals surface area contributed by atoms with Crippen molar-refractivity contribution in [3.05, 3.63) is 65.2 Å². The molecule has 0 aliphatic heterocycles. The van der Waals surface area contributed by atoms with E-state index >= 15 is 0 Å². The third-order valence-corrected chi connectivity index (χ3v) is 4.41. The van der Waals surface area contributed by atoms with Crippen molar-refractivity contribution < 1.29 is 4.79 Å². The molecule has 116 valence electrons. The zero-order valence-electron chi connectivity index (χ0n) is 12.8. The minimum Gasteiger partial charge on any atom is -0.350 e. The van der Waals surface area contributed by atoms with Crippen LogP contribution in [-0.4, -0.2) is 17.2 Å². The maximum Gasteiger partial charge on any atom is 0.230 e. The van der Waals surface area contributed by atoms with E-state index in [1.807, 2.05) is 56.3 Å². The van der Waals surface area contributed by atoms with Crippen molar-refractivity contribution in [2.24, 2.45) is 0 Å². The molecule has 2 aromatic rings. The molecule has 0 fully saturated rings. The summed E-state index contributed by atoms with van der Waals surface area (Å²) in [5, 5.41) is 3.81. The Morgan fingerprint density at radius 1 is 1.09 bits per heavy atom. The number of hydrogen-bond donors (Lipinski definition) is 1. The summed E-state index contributed by atoms with van der Waals surface area (Å²) >= 11 is 7.36. The molecule has 0 bridgehead atoms. The molecule has 4 heteroatoms. The normalized spacial score (nSPS) is 11.2. The maximum atomic E-state index is 12.1. The van der Waals surface area contributed by atoms with Gasteiger partial charge in [-0.3, -0.25) is 4.79 Å². The first-order valence-electron chi connectivity index (χ1n) is 7.18. The molecule has 0 heterocycles. The van der Waals surface area contributed by atoms with Crippen molar-refractivity contribution in [3.63, 3.8) is 0 Å². The van der Waals surface area contributed by atoms with Gasteiger partial charge in [-0.05, 0) is 50.1 Å². The van der Waals surface area contributed by atoms with Gasteiger partial charge in [-0.2, -0.15) is 0 Å². The lowest BCUT2D eigenvalue weighted by molar-refractivity contribution is -0.120. The monoisotopic (exact) mass is 333 g/mol. The highest BCUT2D eigenvalue weighted by Crippen LogP contribution is 2.20. The topological polar surface area (TPSA) is 29.1 Å². The predicted octanol–water partition coefficient (Wildman–Crippen LogP) is 4.57. The van der Waals surface area contributed by atoms with E-state index in [1.54, 1.807) is 0 Å². The largest absolute Gasteiger partial charge is 0.350 e. The Morgan fingerprint density at radius 3 is 2.36 bits per heavy atom. The van der Waals surface area contributed by atoms with Crippen LogP contribution >= 0.6 is 23.4 Å². The molecule has 0 saturated heterocycles. The highest BCUT2D eigenvalue weighted by atomic mass is 35.5. The Kier molecular flexibility index (Phi) is 5.92. The molecule has 0 saturated carbocycles. The number of amides is 1. The zero-order valence-corrected chi connectivity index (χ0v) is 14.4. The Morgan fingerprint density at radius 2 is 1.73 bits per heavy atom. The molecule has 1 amide bonds. The number of carbonyl (C=O) groups excluding carboxylic acids is 1. The first kappa shape index (κ1) is 16.9. The Bertz CT molecular complexity index is 611. The smallest absolute Gasteiger partial charge is 0.230 e. The lowest BCUT2D eigenvalue weighted by Crippen LogP contribution is -2.45. The molecule has 1 N–H and O–H groups in total. The van der Waals surface area contributed by atoms with Crippen molar-refractivity contribution >= 4 is 29.3 Å². The van der Waals surface area contributed by atoms with Gasteiger partial charge in [0.1, 0.15) is 0 Å². The summed E-state index contributed by atoms with van der Waals surface area (Å²) in [4.78, 5) is 13.2. The average Bonchev–Trinajstić information content (AvgIpc) is 2.46. The molecular weight excluding hydrogens is 314 g/mol. The Hall–Kier alpha value is -1.45. The fourth-order valence-electron chi connectivity index (χ4n) is 2.24. The second kappa shape index (κ2) is 7.70. The molecule has 2 rings (SSSR count). The summed E-state index contributed by atoms with van der Waals surface area (Å²) in [6.45, 7) is 4.09. The van der Waals surface area contributed by atoms with Gasteiger partial charge in [0.2, 0.25) is 5.91 Å². The minimum atomic E-state index is -0.265. The number of thioether (sulfide) groups is 1. The van der Waals surface area contributed by atoms with Crippen LogP contribution in [0.3, 0.4) is 0 Å². The SMILES string of the molecule is CC(C)(Cc1ccccc1)NC(=O)CSc1ccc(Cl)cc1. The minimum absolute atomic E-state index is 0.0425. The van der Waals surface area contributed by atoms with Crippen LogP contribution in [-0.2, 0) is 11.2 Å². The number of rotatable bonds is 6. The van der Waals surface area contributed by atoms with Gasteiger partial charge in [0.25, 0.3) is 0 Å². The quantitative estimate of drug-likeness (QED) is 0.784. The van der Waals surface area contributed by atoms with Crippen molar-refractivity contribution in [1.82, 2.24) is 5.32 Å². The van der Waals surface area contributed by atoms with E-state index in [0.717, 1.165) is 11.3 Å². The van der Waals surface area contributed by atoms with Crippen LogP contribution in [0.1, 0.15) is 19.4 Å². The molecular formula is C18H20ClNOS. The molecule has 0 aliphatic rings. The summed E-state index contributed by atoms with van der Waals surface area (Å²) in [5.41, 5.74) is 0.956. The number of halogens is 1. The molecule has 0 atom stereocenters. The highest BCUT2D eigenvalue weighted by molar-refractivity contribution is 8.00. The lowest BCUT2D eigenvalue weighted by atomic mass is 9.95. The number of benzene rings is 2. The molecule has 22 heavy (non-hydrogen) atoms. The van der Waals surface area contributed by atoms with E-state index in [4.69, 9.17) is 11.6 Å². The number of carbonyl (C=O) groups is 1. The first-order chi connectivity index (χ1) is 10.4. The summed E-state index contributed by atoms with van der Waals surface area (Å²) in [7, 11) is 0. The van der Waals surface area contributed by atoms with Crippen molar-refractivity contribution in [2.75, 3.05) is 5.75 Å². The second-order valence-corrected chi connectivity index (χ2v) is 7.32. The van der Waals surface area contributed by atoms with Crippen LogP contribution in [0.25, 0.3) is 0 Å². The van der Waals surface area contributed by atoms with E-state index in [2.05, 4.69) is 17.4 Å². The van der Waals surface area contributed by atoms with E-state index in [9.17, 15) is 4.79 Å². The Balaban J connectivity index is 1.83. The van der Waals surface area contributed by atoms with Gasteiger partial charge in [-0.15, -0.1) is 11.8 Å². The van der Waals surface area contributed by atoms with E-state index in [-0.39, 0.29) is 11.4 Å². The van der Waals surface area contributed by atoms with Gasteiger partial charge in [-0.1, -0.05) is 41.9 Å². The molecule has 2 aromatic carbocycles. The number of hydrogen-bond acceptors (Lipinski definition) is 2. The first-order valence-corrected chi connectivity index (χ1v) is 8.54. The lowest BCUT2D eigenvalue weighted by Gasteiger charge is -2.26. The van der Waals surface area contributed by atoms with E-state index in [1.165, 1.54) is 17.3 Å². The molecule has 0 aliphatic carbocycles. The molecule has 0 spiro atoms. The second-order valence-electron chi connectivity index (χ2n) is 5.84. The van der Waals surface area contributed by atoms with Crippen LogP contribution in [0.5, 0.6) is 0 Å². The zero-order chi connectivity index (χ0) is 16.0. The third kappa shape index (κ3) is 5.74. The van der Waals surface area contributed by atoms with Crippen LogP contribution in [0.2, 0.25) is 5.02 Å². The molecule has 0 radical (unpaired) electrons. The Labute approximate surface area is 141 Å². The van der Waals surface area contributed by atoms with Crippen molar-refractivity contribution in [1.29, 1.82) is 0 Å². The summed E-state index contributed by atoms with van der Waals surface area (Å²) < 4.78 is 0. The van der Waals surface area contributed by atoms with Gasteiger partial charge in [-0.25, -0.2) is 0 Å². The fraction of sp³-hybridized carbons (Fsp3) is 0.278. The predicted molar refractivity (Wildman–Crippen MR) is 94.5 cm³/mol. The van der Waals surface area contributed by atoms with E-state index in [0.29, 0.717) is 10.8 Å². The maximum absolute atomic E-state index is 12.1. The summed E-state index contributed by atoms with van der Waals surface area (Å²) in [6, 6.07) is 17.7. The van der Waals surface area contributed by atoms with Crippen molar-refractivity contribution in [2.45, 2.75) is 30.7 Å². The van der Waals surface area contributed by atoms with Crippen LogP contribution in [0.15, 0.2) is 59.5 Å². The molecule has 0 unspecified atom stereocenters. The van der Waals surface area contributed by atoms with E-state index < -0.39 is 0 Å². The van der Waals surface area contributed by atoms with Gasteiger partial charge in [0, 0.05) is 15.5 Å². The molecule has 2 nitrogen and oxygen atoms in total. The highest BCUT2D eigenvalue weighted by Gasteiger charge is 2.20. The van der Waals surface area contributed by atoms with Crippen LogP contribution in [0.4, 0.5) is 0 Å². The average molecular weight is 334 g/mol. The third-order valence-electron chi connectivity index (χ3n) is 3.15. The van der Waals surface area contributed by atoms with Gasteiger partial charge >= 0.3 is 0 Å². The fourth-order valence-corrected chi connectivity index (χ4v) is 3.07. The van der Waals surface area contributed by atoms with Gasteiger partial charge in [0.05, 0.1) is 5.75 Å². The van der Waals surface area contributed by atoms with Crippen LogP contribution in [0, 0.1) is 0 Å². The number of nitrogens with one attached hydrogen (secondary N) is 1. The van der Waals surface area contributed by atoms with Gasteiger partial charge < -0.3 is 5.32 Å². The van der Waals surface area contributed by atoms with Crippen LogP contribution < -0.4 is 5.32 Å². The molecule has 0 aromatic heterocycles. The summed E-state index contributed by atoms with van der Waals surface area (Å²) in [6.07, 6.45) is 0.811. The summed E-state index contributed by atoms with van der Waals surface area (Å²) in [5.74, 6) is 0.445. The van der Waals surface area contributed by atoms with Crippen molar-refractivity contribution in [3.8, 4) is 0 Å².